The third-order valence-electron chi connectivity index (χ3n) is 7.55. The van der Waals surface area contributed by atoms with E-state index in [0.29, 0.717) is 0 Å². The van der Waals surface area contributed by atoms with Crippen molar-refractivity contribution in [1.82, 2.24) is 9.55 Å². The monoisotopic (exact) mass is 848 g/mol. The summed E-state index contributed by atoms with van der Waals surface area (Å²) in [6, 6.07) is 3.41. The number of carbonyl (C=O) groups excluding carboxylic acids is 1. The number of nitrogens with zero attached hydrogens (tertiary/aromatic N) is 2. The molecule has 1 fully saturated rings. The van der Waals surface area contributed by atoms with Crippen molar-refractivity contribution in [3.8, 4) is 5.75 Å². The summed E-state index contributed by atoms with van der Waals surface area (Å²) in [5, 5.41) is 9.82. The minimum absolute atomic E-state index is 0.111. The van der Waals surface area contributed by atoms with Crippen LogP contribution in [0.5, 0.6) is 5.75 Å². The van der Waals surface area contributed by atoms with E-state index in [0.717, 1.165) is 22.9 Å². The minimum atomic E-state index is -6.52. The summed E-state index contributed by atoms with van der Waals surface area (Å²) >= 11 is 12.2. The second-order valence-electron chi connectivity index (χ2n) is 11.7. The van der Waals surface area contributed by atoms with Crippen LogP contribution in [0.2, 0.25) is 0 Å². The number of aliphatic hydroxyl groups is 1. The number of hydrogen-bond donors (Lipinski definition) is 3. The van der Waals surface area contributed by atoms with Crippen LogP contribution in [0.4, 0.5) is 5.69 Å². The summed E-state index contributed by atoms with van der Waals surface area (Å²) in [5.41, 5.74) is -1.56. The van der Waals surface area contributed by atoms with Gasteiger partial charge in [-0.25, -0.2) is 27.3 Å². The highest BCUT2D eigenvalue weighted by Gasteiger charge is 2.42. The number of aliphatic imine (C=N–C) groups is 1. The van der Waals surface area contributed by atoms with E-state index >= 15 is 0 Å². The smallest absolute Gasteiger partial charge is 0.478 e. The summed E-state index contributed by atoms with van der Waals surface area (Å²) < 4.78 is 75.9. The Bertz CT molecular complexity index is 2270. The third-order valence-corrected chi connectivity index (χ3v) is 13.9. The van der Waals surface area contributed by atoms with Gasteiger partial charge in [0.15, 0.2) is 0 Å². The molecule has 1 aromatic heterocycles. The van der Waals surface area contributed by atoms with Gasteiger partial charge in [0.05, 0.1) is 34.2 Å². The van der Waals surface area contributed by atoms with Crippen LogP contribution in [-0.2, 0) is 50.7 Å². The van der Waals surface area contributed by atoms with Crippen LogP contribution < -0.4 is 30.5 Å². The van der Waals surface area contributed by atoms with E-state index in [2.05, 4.69) is 27.0 Å². The van der Waals surface area contributed by atoms with Gasteiger partial charge >= 0.3 is 21.3 Å². The van der Waals surface area contributed by atoms with E-state index < -0.39 is 84.5 Å². The van der Waals surface area contributed by atoms with E-state index in [4.69, 9.17) is 27.9 Å². The van der Waals surface area contributed by atoms with Crippen LogP contribution in [0.25, 0.3) is 0 Å². The Kier molecular flexibility index (Phi) is 11.3. The Morgan fingerprint density at radius 2 is 1.69 bits per heavy atom. The van der Waals surface area contributed by atoms with Crippen LogP contribution in [0.15, 0.2) is 60.7 Å². The summed E-state index contributed by atoms with van der Waals surface area (Å²) in [6.07, 6.45) is -1.99. The number of H-pyrrole nitrogens is 1. The van der Waals surface area contributed by atoms with Gasteiger partial charge in [0.1, 0.15) is 18.1 Å². The number of benzene rings is 1. The van der Waals surface area contributed by atoms with E-state index in [-0.39, 0.29) is 44.6 Å². The van der Waals surface area contributed by atoms with Crippen LogP contribution in [0.3, 0.4) is 0 Å². The average Bonchev–Trinajstić information content (AvgIpc) is 3.34. The van der Waals surface area contributed by atoms with Gasteiger partial charge in [-0.15, -0.1) is 0 Å². The van der Waals surface area contributed by atoms with E-state index in [9.17, 15) is 57.3 Å². The van der Waals surface area contributed by atoms with E-state index in [1.807, 2.05) is 4.98 Å². The molecule has 3 aliphatic rings. The van der Waals surface area contributed by atoms with Crippen molar-refractivity contribution in [1.29, 1.82) is 0 Å². The lowest BCUT2D eigenvalue weighted by Gasteiger charge is -2.37. The fourth-order valence-electron chi connectivity index (χ4n) is 5.28. The topological polar surface area (TPSA) is 318 Å². The lowest BCUT2D eigenvalue weighted by atomic mass is 9.71. The van der Waals surface area contributed by atoms with Gasteiger partial charge in [-0.1, -0.05) is 37.0 Å². The third kappa shape index (κ3) is 8.94. The Labute approximate surface area is 301 Å². The number of hydrogen-bond acceptors (Lipinski definition) is 18. The number of aliphatic hydroxyl groups excluding tert-OH is 1. The second-order valence-corrected chi connectivity index (χ2v) is 18.5. The molecule has 7 atom stereocenters. The summed E-state index contributed by atoms with van der Waals surface area (Å²) in [4.78, 5) is 89.3. The molecule has 1 aromatic carbocycles. The highest BCUT2D eigenvalue weighted by Crippen LogP contribution is 2.67. The largest absolute Gasteiger partial charge is 0.756 e. The number of aromatic nitrogens is 2. The first-order chi connectivity index (χ1) is 23.8. The maximum absolute atomic E-state index is 12.5. The fraction of sp³-hybridized carbons (Fsp3) is 0.360. The Morgan fingerprint density at radius 1 is 1.06 bits per heavy atom. The zero-order chi connectivity index (χ0) is 38.8. The molecule has 52 heavy (non-hydrogen) atoms. The number of phosphoric ester groups is 2. The Morgan fingerprint density at radius 3 is 2.37 bits per heavy atom. The van der Waals surface area contributed by atoms with Crippen LogP contribution >= 0.6 is 54.5 Å². The van der Waals surface area contributed by atoms with Crippen LogP contribution in [-0.4, -0.2) is 49.9 Å². The summed E-state index contributed by atoms with van der Waals surface area (Å²) in [6.45, 7) is 3.54. The highest BCUT2D eigenvalue weighted by molar-refractivity contribution is 7.68. The van der Waals surface area contributed by atoms with Gasteiger partial charge in [0.25, 0.3) is 21.2 Å². The van der Waals surface area contributed by atoms with Gasteiger partial charge in [0.2, 0.25) is 5.78 Å². The average molecular weight is 849 g/mol. The van der Waals surface area contributed by atoms with Crippen molar-refractivity contribution in [3.05, 3.63) is 78.1 Å². The van der Waals surface area contributed by atoms with E-state index in [1.165, 1.54) is 19.1 Å². The summed E-state index contributed by atoms with van der Waals surface area (Å²) in [5.74, 6) is -1.24. The molecule has 27 heteroatoms. The molecule has 1 saturated heterocycles. The lowest BCUT2D eigenvalue weighted by molar-refractivity contribution is -0.245. The Hall–Kier alpha value is -2.38. The quantitative estimate of drug-likeness (QED) is 0.202. The van der Waals surface area contributed by atoms with Gasteiger partial charge in [-0.05, 0) is 36.8 Å². The number of nitrogens with one attached hydrogen (secondary N) is 1. The molecule has 0 saturated carbocycles. The predicted molar refractivity (Wildman–Crippen MR) is 171 cm³/mol. The van der Waals surface area contributed by atoms with Gasteiger partial charge in [0, 0.05) is 29.2 Å². The number of ether oxygens (including phenoxy) is 1. The van der Waals surface area contributed by atoms with Gasteiger partial charge < -0.3 is 33.9 Å². The number of aryl methyl sites for hydroxylation is 1. The first-order valence-corrected chi connectivity index (χ1v) is 20.9. The SMILES string of the molecule is Cc1cn(C2CC(O)[C@@H](COP(=O)(O)OP(=O)([O-])OP(=O)([O-])OP(=O)([O-])Oc3ccc4c(c3)C(C)(C)C3=C(Cl)C(=O)C(Cl)=CC3=N4)O2)c(=O)[nH]c1=O. The molecule has 0 radical (unpaired) electrons. The molecule has 3 N–H and O–H groups in total. The molecule has 2 aromatic rings. The summed E-state index contributed by atoms with van der Waals surface area (Å²) in [7, 11) is -24.9. The zero-order valence-electron chi connectivity index (χ0n) is 26.4. The second kappa shape index (κ2) is 14.4. The number of ketones is 1. The van der Waals surface area contributed by atoms with Crippen molar-refractivity contribution in [2.45, 2.75) is 51.0 Å². The molecule has 0 bridgehead atoms. The van der Waals surface area contributed by atoms with Crippen LogP contribution in [0.1, 0.15) is 37.6 Å². The maximum atomic E-state index is 12.5. The molecule has 284 valence electrons. The molecule has 2 aliphatic heterocycles. The number of halogens is 2. The molecular weight excluding hydrogens is 825 g/mol. The number of Topliss-reactive ketones (excluding diaryl/α,β-unsaturated/α-hetero) is 1. The number of fused-ring (bicyclic) bond motifs is 2. The molecular formula is C25H24Cl2N3O18P4-3. The predicted octanol–water partition coefficient (Wildman–Crippen LogP) is 1.71. The first kappa shape index (κ1) is 40.8. The number of phosphoric acid groups is 4. The minimum Gasteiger partial charge on any atom is -0.756 e. The molecule has 0 amide bonds. The van der Waals surface area contributed by atoms with Crippen molar-refractivity contribution in [3.63, 3.8) is 0 Å². The van der Waals surface area contributed by atoms with E-state index in [1.54, 1.807) is 13.8 Å². The standard InChI is InChI=1S/C25H27Cl2N3O18P4/c1-11-9-30(24(34)29-23(11)33)19-8-17(31)18(44-19)10-43-49(35,36)46-51(39,40)48-52(41,42)47-50(37,38)45-12-4-5-15-13(6-12)25(2,3)20-16(28-15)7-14(26)22(32)21(20)27/h4-7,9,17-19,31H,8,10H2,1-3H3,(H,35,36)(H,37,38)(H,39,40)(H,41,42)(H,29,33,34)/p-3/t17?,18-,19?/m1/s1. The molecule has 0 spiro atoms. The molecule has 3 heterocycles. The Balaban J connectivity index is 1.21. The molecule has 6 unspecified atom stereocenters. The van der Waals surface area contributed by atoms with Gasteiger partial charge in [-0.3, -0.25) is 37.4 Å². The lowest BCUT2D eigenvalue weighted by Crippen LogP contribution is -2.33. The number of rotatable bonds is 12. The van der Waals surface area contributed by atoms with Crippen LogP contribution in [0, 0.1) is 6.92 Å². The molecule has 1 aliphatic carbocycles. The van der Waals surface area contributed by atoms with Gasteiger partial charge in [-0.2, -0.15) is 0 Å². The highest BCUT2D eigenvalue weighted by atomic mass is 35.5. The van der Waals surface area contributed by atoms with Crippen molar-refractivity contribution < 1.29 is 74.5 Å². The van der Waals surface area contributed by atoms with Crippen molar-refractivity contribution in [2.75, 3.05) is 6.61 Å². The van der Waals surface area contributed by atoms with Crippen molar-refractivity contribution in [2.24, 2.45) is 4.99 Å². The molecule has 5 rings (SSSR count). The maximum Gasteiger partial charge on any atom is 0.478 e. The van der Waals surface area contributed by atoms with Crippen molar-refractivity contribution >= 4 is 71.7 Å². The normalized spacial score (nSPS) is 25.8. The fourth-order valence-corrected chi connectivity index (χ4v) is 10.7. The number of aromatic amines is 1. The first-order valence-electron chi connectivity index (χ1n) is 14.3. The number of allylic oxidation sites excluding steroid dienone is 4. The molecule has 21 nitrogen and oxygen atoms in total. The number of carbonyl (C=O) groups is 1. The zero-order valence-corrected chi connectivity index (χ0v) is 31.5.